The molecule has 0 bridgehead atoms. The SMILES string of the molecule is OCCNc1ncc2c(n1)CNCC2. The van der Waals surface area contributed by atoms with Crippen LogP contribution in [0, 0.1) is 0 Å². The molecule has 1 aromatic rings. The summed E-state index contributed by atoms with van der Waals surface area (Å²) in [6.07, 6.45) is 2.86. The standard InChI is InChI=1S/C9H14N4O/c14-4-3-11-9-12-5-7-1-2-10-6-8(7)13-9/h5,10,14H,1-4,6H2,(H,11,12,13). The first-order valence-corrected chi connectivity index (χ1v) is 4.80. The lowest BCUT2D eigenvalue weighted by Gasteiger charge is -2.16. The Hall–Kier alpha value is -1.20. The van der Waals surface area contributed by atoms with Gasteiger partial charge in [0.15, 0.2) is 0 Å². The molecule has 1 aliphatic rings. The summed E-state index contributed by atoms with van der Waals surface area (Å²) in [7, 11) is 0. The van der Waals surface area contributed by atoms with E-state index in [9.17, 15) is 0 Å². The molecule has 76 valence electrons. The molecule has 1 aliphatic heterocycles. The van der Waals surface area contributed by atoms with E-state index in [1.165, 1.54) is 5.56 Å². The molecule has 0 aromatic carbocycles. The number of aliphatic hydroxyl groups excluding tert-OH is 1. The van der Waals surface area contributed by atoms with Crippen LogP contribution in [-0.4, -0.2) is 34.8 Å². The second-order valence-electron chi connectivity index (χ2n) is 3.24. The van der Waals surface area contributed by atoms with Gasteiger partial charge in [-0.15, -0.1) is 0 Å². The molecule has 3 N–H and O–H groups in total. The van der Waals surface area contributed by atoms with Crippen molar-refractivity contribution >= 4 is 5.95 Å². The van der Waals surface area contributed by atoms with Gasteiger partial charge in [-0.25, -0.2) is 9.97 Å². The molecule has 5 heteroatoms. The number of nitrogens with zero attached hydrogens (tertiary/aromatic N) is 2. The molecule has 2 rings (SSSR count). The lowest BCUT2D eigenvalue weighted by molar-refractivity contribution is 0.310. The summed E-state index contributed by atoms with van der Waals surface area (Å²) in [6, 6.07) is 0. The highest BCUT2D eigenvalue weighted by molar-refractivity contribution is 5.30. The summed E-state index contributed by atoms with van der Waals surface area (Å²) in [5, 5.41) is 14.8. The van der Waals surface area contributed by atoms with Crippen LogP contribution in [-0.2, 0) is 13.0 Å². The first kappa shape index (κ1) is 9.36. The summed E-state index contributed by atoms with van der Waals surface area (Å²) in [4.78, 5) is 8.52. The minimum atomic E-state index is 0.0959. The Bertz CT molecular complexity index is 316. The lowest BCUT2D eigenvalue weighted by Crippen LogP contribution is -2.25. The second-order valence-corrected chi connectivity index (χ2v) is 3.24. The molecule has 0 saturated heterocycles. The topological polar surface area (TPSA) is 70.1 Å². The molecule has 5 nitrogen and oxygen atoms in total. The van der Waals surface area contributed by atoms with Crippen LogP contribution in [0.25, 0.3) is 0 Å². The maximum absolute atomic E-state index is 8.64. The maximum Gasteiger partial charge on any atom is 0.222 e. The molecular weight excluding hydrogens is 180 g/mol. The van der Waals surface area contributed by atoms with Crippen molar-refractivity contribution in [1.82, 2.24) is 15.3 Å². The number of aliphatic hydroxyl groups is 1. The largest absolute Gasteiger partial charge is 0.395 e. The minimum Gasteiger partial charge on any atom is -0.395 e. The van der Waals surface area contributed by atoms with Gasteiger partial charge in [0.05, 0.1) is 12.3 Å². The monoisotopic (exact) mass is 194 g/mol. The van der Waals surface area contributed by atoms with Crippen LogP contribution >= 0.6 is 0 Å². The minimum absolute atomic E-state index is 0.0959. The molecule has 0 atom stereocenters. The number of nitrogens with one attached hydrogen (secondary N) is 2. The van der Waals surface area contributed by atoms with Gasteiger partial charge in [-0.3, -0.25) is 0 Å². The first-order valence-electron chi connectivity index (χ1n) is 4.80. The van der Waals surface area contributed by atoms with Crippen molar-refractivity contribution in [2.75, 3.05) is 25.0 Å². The van der Waals surface area contributed by atoms with E-state index in [0.717, 1.165) is 25.2 Å². The third-order valence-corrected chi connectivity index (χ3v) is 2.21. The Morgan fingerprint density at radius 1 is 1.57 bits per heavy atom. The molecule has 0 amide bonds. The highest BCUT2D eigenvalue weighted by Gasteiger charge is 2.10. The predicted molar refractivity (Wildman–Crippen MR) is 53.0 cm³/mol. The molecule has 0 unspecified atom stereocenters. The molecule has 2 heterocycles. The van der Waals surface area contributed by atoms with E-state index in [0.29, 0.717) is 12.5 Å². The number of aromatic nitrogens is 2. The van der Waals surface area contributed by atoms with Crippen molar-refractivity contribution in [3.63, 3.8) is 0 Å². The van der Waals surface area contributed by atoms with Crippen LogP contribution in [0.1, 0.15) is 11.3 Å². The van der Waals surface area contributed by atoms with Gasteiger partial charge in [0.2, 0.25) is 5.95 Å². The zero-order valence-corrected chi connectivity index (χ0v) is 7.95. The van der Waals surface area contributed by atoms with Crippen LogP contribution in [0.4, 0.5) is 5.95 Å². The summed E-state index contributed by atoms with van der Waals surface area (Å²) in [5.74, 6) is 0.599. The van der Waals surface area contributed by atoms with Crippen molar-refractivity contribution in [3.8, 4) is 0 Å². The third-order valence-electron chi connectivity index (χ3n) is 2.21. The third kappa shape index (κ3) is 2.00. The van der Waals surface area contributed by atoms with Gasteiger partial charge >= 0.3 is 0 Å². The van der Waals surface area contributed by atoms with Gasteiger partial charge in [0.1, 0.15) is 0 Å². The molecular formula is C9H14N4O. The summed E-state index contributed by atoms with van der Waals surface area (Å²) < 4.78 is 0. The van der Waals surface area contributed by atoms with Gasteiger partial charge in [0.25, 0.3) is 0 Å². The molecule has 0 radical (unpaired) electrons. The van der Waals surface area contributed by atoms with E-state index in [1.807, 2.05) is 6.20 Å². The van der Waals surface area contributed by atoms with Gasteiger partial charge in [-0.2, -0.15) is 0 Å². The Morgan fingerprint density at radius 3 is 3.36 bits per heavy atom. The zero-order chi connectivity index (χ0) is 9.80. The van der Waals surface area contributed by atoms with Crippen molar-refractivity contribution in [2.24, 2.45) is 0 Å². The summed E-state index contributed by atoms with van der Waals surface area (Å²) in [6.45, 7) is 2.40. The molecule has 0 saturated carbocycles. The number of rotatable bonds is 3. The van der Waals surface area contributed by atoms with Crippen LogP contribution in [0.2, 0.25) is 0 Å². The Kier molecular flexibility index (Phi) is 2.90. The average molecular weight is 194 g/mol. The van der Waals surface area contributed by atoms with Crippen molar-refractivity contribution < 1.29 is 5.11 Å². The summed E-state index contributed by atoms with van der Waals surface area (Å²) >= 11 is 0. The van der Waals surface area contributed by atoms with Crippen molar-refractivity contribution in [1.29, 1.82) is 0 Å². The van der Waals surface area contributed by atoms with E-state index in [1.54, 1.807) is 0 Å². The first-order chi connectivity index (χ1) is 6.90. The fourth-order valence-electron chi connectivity index (χ4n) is 1.49. The van der Waals surface area contributed by atoms with Crippen LogP contribution < -0.4 is 10.6 Å². The van der Waals surface area contributed by atoms with E-state index in [-0.39, 0.29) is 6.61 Å². The van der Waals surface area contributed by atoms with Gasteiger partial charge in [-0.1, -0.05) is 0 Å². The predicted octanol–water partition coefficient (Wildman–Crippen LogP) is -0.473. The average Bonchev–Trinajstić information content (AvgIpc) is 2.26. The van der Waals surface area contributed by atoms with Crippen LogP contribution in [0.5, 0.6) is 0 Å². The fraction of sp³-hybridized carbons (Fsp3) is 0.556. The lowest BCUT2D eigenvalue weighted by atomic mass is 10.1. The molecule has 0 aliphatic carbocycles. The summed E-state index contributed by atoms with van der Waals surface area (Å²) in [5.41, 5.74) is 2.28. The molecule has 0 spiro atoms. The van der Waals surface area contributed by atoms with Gasteiger partial charge in [-0.05, 0) is 18.5 Å². The molecule has 14 heavy (non-hydrogen) atoms. The van der Waals surface area contributed by atoms with Gasteiger partial charge in [0, 0.05) is 19.3 Å². The molecule has 0 fully saturated rings. The number of hydrogen-bond donors (Lipinski definition) is 3. The van der Waals surface area contributed by atoms with Gasteiger partial charge < -0.3 is 15.7 Å². The molecule has 1 aromatic heterocycles. The Balaban J connectivity index is 2.12. The number of anilines is 1. The van der Waals surface area contributed by atoms with Crippen LogP contribution in [0.3, 0.4) is 0 Å². The van der Waals surface area contributed by atoms with E-state index in [2.05, 4.69) is 20.6 Å². The Morgan fingerprint density at radius 2 is 2.50 bits per heavy atom. The highest BCUT2D eigenvalue weighted by Crippen LogP contribution is 2.11. The quantitative estimate of drug-likeness (QED) is 0.606. The van der Waals surface area contributed by atoms with Crippen molar-refractivity contribution in [3.05, 3.63) is 17.5 Å². The fourth-order valence-corrected chi connectivity index (χ4v) is 1.49. The van der Waals surface area contributed by atoms with Crippen LogP contribution in [0.15, 0.2) is 6.20 Å². The zero-order valence-electron chi connectivity index (χ0n) is 7.95. The second kappa shape index (κ2) is 4.34. The maximum atomic E-state index is 8.64. The number of hydrogen-bond acceptors (Lipinski definition) is 5. The van der Waals surface area contributed by atoms with E-state index < -0.39 is 0 Å². The Labute approximate surface area is 82.6 Å². The highest BCUT2D eigenvalue weighted by atomic mass is 16.3. The van der Waals surface area contributed by atoms with E-state index >= 15 is 0 Å². The number of fused-ring (bicyclic) bond motifs is 1. The normalized spacial score (nSPS) is 14.9. The van der Waals surface area contributed by atoms with Crippen molar-refractivity contribution in [2.45, 2.75) is 13.0 Å². The smallest absolute Gasteiger partial charge is 0.222 e. The van der Waals surface area contributed by atoms with E-state index in [4.69, 9.17) is 5.11 Å².